The summed E-state index contributed by atoms with van der Waals surface area (Å²) >= 11 is 0. The molecule has 6 heteroatoms. The topological polar surface area (TPSA) is 82.5 Å². The molecule has 2 heterocycles. The smallest absolute Gasteiger partial charge is 0.337 e. The number of piperidine rings is 1. The average Bonchev–Trinajstić information content (AvgIpc) is 2.40. The molecule has 0 radical (unpaired) electrons. The Kier molecular flexibility index (Phi) is 4.11. The first-order valence-electron chi connectivity index (χ1n) is 6.25. The standard InChI is InChI=1S/C13H17N3O3/c1-16-6-4-9(5-7-16)12(17)15-11-3-2-10(8-14-11)13(18)19/h2-3,8-9H,4-7H2,1H3,(H,18,19)(H,14,15,17). The second-order valence-corrected chi connectivity index (χ2v) is 4.80. The first-order valence-corrected chi connectivity index (χ1v) is 6.25. The van der Waals surface area contributed by atoms with E-state index < -0.39 is 5.97 Å². The summed E-state index contributed by atoms with van der Waals surface area (Å²) in [4.78, 5) is 28.8. The van der Waals surface area contributed by atoms with E-state index in [9.17, 15) is 9.59 Å². The van der Waals surface area contributed by atoms with Gasteiger partial charge in [-0.25, -0.2) is 9.78 Å². The number of nitrogens with one attached hydrogen (secondary N) is 1. The summed E-state index contributed by atoms with van der Waals surface area (Å²) in [6, 6.07) is 2.94. The van der Waals surface area contributed by atoms with Crippen molar-refractivity contribution in [2.75, 3.05) is 25.5 Å². The summed E-state index contributed by atoms with van der Waals surface area (Å²) in [5.74, 6) is -0.657. The average molecular weight is 263 g/mol. The Labute approximate surface area is 111 Å². The molecule has 1 fully saturated rings. The fraction of sp³-hybridized carbons (Fsp3) is 0.462. The van der Waals surface area contributed by atoms with E-state index in [1.165, 1.54) is 18.3 Å². The first-order chi connectivity index (χ1) is 9.06. The summed E-state index contributed by atoms with van der Waals surface area (Å²) in [6.45, 7) is 1.84. The van der Waals surface area contributed by atoms with Gasteiger partial charge >= 0.3 is 5.97 Å². The molecule has 0 saturated carbocycles. The van der Waals surface area contributed by atoms with Crippen LogP contribution in [0.3, 0.4) is 0 Å². The van der Waals surface area contributed by atoms with E-state index in [-0.39, 0.29) is 17.4 Å². The lowest BCUT2D eigenvalue weighted by Crippen LogP contribution is -2.36. The number of amides is 1. The third-order valence-electron chi connectivity index (χ3n) is 3.35. The van der Waals surface area contributed by atoms with Crippen LogP contribution in [0.2, 0.25) is 0 Å². The van der Waals surface area contributed by atoms with Crippen LogP contribution < -0.4 is 5.32 Å². The van der Waals surface area contributed by atoms with Gasteiger partial charge < -0.3 is 15.3 Å². The molecular formula is C13H17N3O3. The minimum atomic E-state index is -1.03. The fourth-order valence-electron chi connectivity index (χ4n) is 2.09. The van der Waals surface area contributed by atoms with E-state index in [0.717, 1.165) is 25.9 Å². The van der Waals surface area contributed by atoms with Crippen LogP contribution in [0.15, 0.2) is 18.3 Å². The van der Waals surface area contributed by atoms with Gasteiger partial charge in [-0.1, -0.05) is 0 Å². The number of nitrogens with zero attached hydrogens (tertiary/aromatic N) is 2. The number of rotatable bonds is 3. The Morgan fingerprint density at radius 2 is 2.05 bits per heavy atom. The van der Waals surface area contributed by atoms with Crippen molar-refractivity contribution >= 4 is 17.7 Å². The van der Waals surface area contributed by atoms with Gasteiger partial charge in [0.1, 0.15) is 5.82 Å². The molecule has 2 rings (SSSR count). The summed E-state index contributed by atoms with van der Waals surface area (Å²) in [5.41, 5.74) is 0.109. The molecule has 1 aliphatic heterocycles. The number of carboxylic acids is 1. The van der Waals surface area contributed by atoms with Gasteiger partial charge in [0, 0.05) is 12.1 Å². The van der Waals surface area contributed by atoms with Gasteiger partial charge in [-0.05, 0) is 45.1 Å². The number of carboxylic acid groups (broad SMARTS) is 1. The normalized spacial score (nSPS) is 17.1. The summed E-state index contributed by atoms with van der Waals surface area (Å²) in [6.07, 6.45) is 2.93. The number of anilines is 1. The zero-order valence-corrected chi connectivity index (χ0v) is 10.8. The molecular weight excluding hydrogens is 246 g/mol. The lowest BCUT2D eigenvalue weighted by Gasteiger charge is -2.27. The van der Waals surface area contributed by atoms with Crippen molar-refractivity contribution in [3.63, 3.8) is 0 Å². The Bertz CT molecular complexity index is 465. The van der Waals surface area contributed by atoms with Gasteiger partial charge in [-0.3, -0.25) is 4.79 Å². The van der Waals surface area contributed by atoms with Crippen LogP contribution in [-0.2, 0) is 4.79 Å². The number of likely N-dealkylation sites (tertiary alicyclic amines) is 1. The van der Waals surface area contributed by atoms with Gasteiger partial charge in [0.2, 0.25) is 5.91 Å². The van der Waals surface area contributed by atoms with Crippen molar-refractivity contribution < 1.29 is 14.7 Å². The third kappa shape index (κ3) is 3.51. The summed E-state index contributed by atoms with van der Waals surface area (Å²) in [5, 5.41) is 11.5. The summed E-state index contributed by atoms with van der Waals surface area (Å²) < 4.78 is 0. The van der Waals surface area contributed by atoms with Crippen molar-refractivity contribution in [2.24, 2.45) is 5.92 Å². The van der Waals surface area contributed by atoms with Crippen LogP contribution in [0.25, 0.3) is 0 Å². The Balaban J connectivity index is 1.93. The van der Waals surface area contributed by atoms with E-state index in [1.807, 2.05) is 7.05 Å². The van der Waals surface area contributed by atoms with Crippen molar-refractivity contribution in [3.05, 3.63) is 23.9 Å². The lowest BCUT2D eigenvalue weighted by molar-refractivity contribution is -0.121. The van der Waals surface area contributed by atoms with Crippen molar-refractivity contribution in [3.8, 4) is 0 Å². The van der Waals surface area contributed by atoms with Crippen LogP contribution in [-0.4, -0.2) is 47.0 Å². The van der Waals surface area contributed by atoms with Crippen LogP contribution in [0.1, 0.15) is 23.2 Å². The van der Waals surface area contributed by atoms with Gasteiger partial charge in [0.25, 0.3) is 0 Å². The number of hydrogen-bond acceptors (Lipinski definition) is 4. The second kappa shape index (κ2) is 5.79. The molecule has 1 aromatic heterocycles. The quantitative estimate of drug-likeness (QED) is 0.852. The van der Waals surface area contributed by atoms with Crippen LogP contribution in [0.4, 0.5) is 5.82 Å². The Hall–Kier alpha value is -1.95. The SMILES string of the molecule is CN1CCC(C(=O)Nc2ccc(C(=O)O)cn2)CC1. The third-order valence-corrected chi connectivity index (χ3v) is 3.35. The van der Waals surface area contributed by atoms with E-state index in [4.69, 9.17) is 5.11 Å². The molecule has 102 valence electrons. The zero-order chi connectivity index (χ0) is 13.8. The maximum absolute atomic E-state index is 12.0. The molecule has 2 N–H and O–H groups in total. The number of carbonyl (C=O) groups excluding carboxylic acids is 1. The van der Waals surface area contributed by atoms with E-state index in [1.54, 1.807) is 0 Å². The van der Waals surface area contributed by atoms with E-state index >= 15 is 0 Å². The Morgan fingerprint density at radius 3 is 2.58 bits per heavy atom. The van der Waals surface area contributed by atoms with E-state index in [2.05, 4.69) is 15.2 Å². The lowest BCUT2D eigenvalue weighted by atomic mass is 9.96. The molecule has 0 bridgehead atoms. The Morgan fingerprint density at radius 1 is 1.37 bits per heavy atom. The molecule has 0 spiro atoms. The second-order valence-electron chi connectivity index (χ2n) is 4.80. The van der Waals surface area contributed by atoms with Crippen molar-refractivity contribution in [2.45, 2.75) is 12.8 Å². The number of hydrogen-bond donors (Lipinski definition) is 2. The number of carbonyl (C=O) groups is 2. The largest absolute Gasteiger partial charge is 0.478 e. The predicted molar refractivity (Wildman–Crippen MR) is 70.0 cm³/mol. The number of pyridine rings is 1. The van der Waals surface area contributed by atoms with Gasteiger partial charge in [0.05, 0.1) is 5.56 Å². The van der Waals surface area contributed by atoms with Gasteiger partial charge in [-0.15, -0.1) is 0 Å². The van der Waals surface area contributed by atoms with E-state index in [0.29, 0.717) is 5.82 Å². The minimum absolute atomic E-state index is 0.0113. The minimum Gasteiger partial charge on any atom is -0.478 e. The molecule has 1 saturated heterocycles. The molecule has 1 aliphatic rings. The molecule has 0 aliphatic carbocycles. The maximum atomic E-state index is 12.0. The highest BCUT2D eigenvalue weighted by Gasteiger charge is 2.23. The van der Waals surface area contributed by atoms with Gasteiger partial charge in [0.15, 0.2) is 0 Å². The van der Waals surface area contributed by atoms with Crippen LogP contribution in [0, 0.1) is 5.92 Å². The monoisotopic (exact) mass is 263 g/mol. The summed E-state index contributed by atoms with van der Waals surface area (Å²) in [7, 11) is 2.04. The fourth-order valence-corrected chi connectivity index (χ4v) is 2.09. The molecule has 0 atom stereocenters. The maximum Gasteiger partial charge on any atom is 0.337 e. The molecule has 0 unspecified atom stereocenters. The highest BCUT2D eigenvalue weighted by Crippen LogP contribution is 2.17. The highest BCUT2D eigenvalue weighted by molar-refractivity contribution is 5.92. The molecule has 19 heavy (non-hydrogen) atoms. The highest BCUT2D eigenvalue weighted by atomic mass is 16.4. The molecule has 0 aromatic carbocycles. The van der Waals surface area contributed by atoms with Gasteiger partial charge in [-0.2, -0.15) is 0 Å². The molecule has 1 aromatic rings. The van der Waals surface area contributed by atoms with Crippen LogP contribution in [0.5, 0.6) is 0 Å². The molecule has 6 nitrogen and oxygen atoms in total. The predicted octanol–water partition coefficient (Wildman–Crippen LogP) is 1.06. The number of aromatic carboxylic acids is 1. The van der Waals surface area contributed by atoms with Crippen molar-refractivity contribution in [1.82, 2.24) is 9.88 Å². The first kappa shape index (κ1) is 13.5. The van der Waals surface area contributed by atoms with Crippen LogP contribution >= 0.6 is 0 Å². The zero-order valence-electron chi connectivity index (χ0n) is 10.8. The molecule has 1 amide bonds. The number of aromatic nitrogens is 1. The van der Waals surface area contributed by atoms with Crippen molar-refractivity contribution in [1.29, 1.82) is 0 Å².